The van der Waals surface area contributed by atoms with E-state index in [0.29, 0.717) is 5.69 Å². The second-order valence-electron chi connectivity index (χ2n) is 6.60. The first-order valence-electron chi connectivity index (χ1n) is 8.33. The molecular weight excluding hydrogens is 338 g/mol. The van der Waals surface area contributed by atoms with E-state index in [1.165, 1.54) is 6.07 Å². The summed E-state index contributed by atoms with van der Waals surface area (Å²) in [5, 5.41) is 5.20. The Kier molecular flexibility index (Phi) is 6.08. The molecule has 138 valence electrons. The molecule has 0 aromatic heterocycles. The van der Waals surface area contributed by atoms with Gasteiger partial charge < -0.3 is 10.6 Å². The standard InChI is InChI=1S/C20H22F2N2O2/c1-11(2)18(20(26)23-16-9-8-12(3)10-13(16)4)24-19(25)17-14(21)6-5-7-15(17)22/h5-11,18H,1-4H3,(H,23,26)(H,24,25). The number of rotatable bonds is 5. The normalized spacial score (nSPS) is 12.0. The van der Waals surface area contributed by atoms with Crippen LogP contribution < -0.4 is 10.6 Å². The third-order valence-corrected chi connectivity index (χ3v) is 4.07. The van der Waals surface area contributed by atoms with E-state index in [1.54, 1.807) is 19.9 Å². The monoisotopic (exact) mass is 360 g/mol. The highest BCUT2D eigenvalue weighted by atomic mass is 19.1. The van der Waals surface area contributed by atoms with Crippen molar-refractivity contribution in [3.05, 3.63) is 64.7 Å². The Morgan fingerprint density at radius 1 is 1.00 bits per heavy atom. The number of carbonyl (C=O) groups is 2. The van der Waals surface area contributed by atoms with Gasteiger partial charge in [-0.3, -0.25) is 9.59 Å². The molecule has 4 nitrogen and oxygen atoms in total. The quantitative estimate of drug-likeness (QED) is 0.847. The zero-order valence-corrected chi connectivity index (χ0v) is 15.2. The minimum Gasteiger partial charge on any atom is -0.340 e. The van der Waals surface area contributed by atoms with Crippen LogP contribution in [0.5, 0.6) is 0 Å². The average molecular weight is 360 g/mol. The lowest BCUT2D eigenvalue weighted by atomic mass is 10.0. The summed E-state index contributed by atoms with van der Waals surface area (Å²) in [6, 6.07) is 7.79. The lowest BCUT2D eigenvalue weighted by Crippen LogP contribution is -2.47. The van der Waals surface area contributed by atoms with Gasteiger partial charge in [-0.1, -0.05) is 37.6 Å². The van der Waals surface area contributed by atoms with Crippen LogP contribution >= 0.6 is 0 Å². The molecule has 0 heterocycles. The summed E-state index contributed by atoms with van der Waals surface area (Å²) in [4.78, 5) is 24.9. The van der Waals surface area contributed by atoms with Gasteiger partial charge >= 0.3 is 0 Å². The van der Waals surface area contributed by atoms with E-state index in [0.717, 1.165) is 23.3 Å². The summed E-state index contributed by atoms with van der Waals surface area (Å²) in [7, 11) is 0. The Labute approximate surface area is 151 Å². The summed E-state index contributed by atoms with van der Waals surface area (Å²) >= 11 is 0. The van der Waals surface area contributed by atoms with Gasteiger partial charge in [-0.15, -0.1) is 0 Å². The molecule has 2 rings (SSSR count). The predicted octanol–water partition coefficient (Wildman–Crippen LogP) is 3.97. The molecular formula is C20H22F2N2O2. The van der Waals surface area contributed by atoms with E-state index in [1.807, 2.05) is 26.0 Å². The molecule has 2 aromatic rings. The van der Waals surface area contributed by atoms with E-state index in [-0.39, 0.29) is 5.92 Å². The van der Waals surface area contributed by atoms with Gasteiger partial charge in [0.25, 0.3) is 5.91 Å². The van der Waals surface area contributed by atoms with Crippen molar-refractivity contribution in [2.75, 3.05) is 5.32 Å². The Balaban J connectivity index is 2.20. The van der Waals surface area contributed by atoms with E-state index in [9.17, 15) is 18.4 Å². The van der Waals surface area contributed by atoms with Crippen LogP contribution in [0.25, 0.3) is 0 Å². The predicted molar refractivity (Wildman–Crippen MR) is 97.0 cm³/mol. The van der Waals surface area contributed by atoms with Crippen molar-refractivity contribution in [3.8, 4) is 0 Å². The molecule has 26 heavy (non-hydrogen) atoms. The highest BCUT2D eigenvalue weighted by Crippen LogP contribution is 2.18. The van der Waals surface area contributed by atoms with Crippen LogP contribution in [0.3, 0.4) is 0 Å². The maximum absolute atomic E-state index is 13.8. The second-order valence-corrected chi connectivity index (χ2v) is 6.60. The van der Waals surface area contributed by atoms with Crippen LogP contribution in [0.15, 0.2) is 36.4 Å². The van der Waals surface area contributed by atoms with E-state index >= 15 is 0 Å². The van der Waals surface area contributed by atoms with E-state index in [2.05, 4.69) is 10.6 Å². The zero-order valence-electron chi connectivity index (χ0n) is 15.2. The van der Waals surface area contributed by atoms with Crippen LogP contribution in [0.2, 0.25) is 0 Å². The molecule has 2 aromatic carbocycles. The summed E-state index contributed by atoms with van der Waals surface area (Å²) in [5.41, 5.74) is 1.87. The van der Waals surface area contributed by atoms with Crippen LogP contribution in [-0.2, 0) is 4.79 Å². The molecule has 0 fully saturated rings. The number of hydrogen-bond donors (Lipinski definition) is 2. The van der Waals surface area contributed by atoms with Gasteiger partial charge in [-0.2, -0.15) is 0 Å². The molecule has 2 amide bonds. The molecule has 0 saturated carbocycles. The number of aryl methyl sites for hydroxylation is 2. The Bertz CT molecular complexity index is 814. The van der Waals surface area contributed by atoms with Crippen LogP contribution in [0.4, 0.5) is 14.5 Å². The van der Waals surface area contributed by atoms with E-state index in [4.69, 9.17) is 0 Å². The topological polar surface area (TPSA) is 58.2 Å². The first-order chi connectivity index (χ1) is 12.2. The third kappa shape index (κ3) is 4.45. The van der Waals surface area contributed by atoms with Gasteiger partial charge in [-0.05, 0) is 43.5 Å². The zero-order chi connectivity index (χ0) is 19.4. The lowest BCUT2D eigenvalue weighted by Gasteiger charge is -2.22. The first kappa shape index (κ1) is 19.6. The van der Waals surface area contributed by atoms with Gasteiger partial charge in [0, 0.05) is 5.69 Å². The number of halogens is 2. The van der Waals surface area contributed by atoms with Gasteiger partial charge in [0.1, 0.15) is 23.2 Å². The van der Waals surface area contributed by atoms with Gasteiger partial charge in [0.15, 0.2) is 0 Å². The number of hydrogen-bond acceptors (Lipinski definition) is 2. The maximum atomic E-state index is 13.8. The SMILES string of the molecule is Cc1ccc(NC(=O)C(NC(=O)c2c(F)cccc2F)C(C)C)c(C)c1. The highest BCUT2D eigenvalue weighted by Gasteiger charge is 2.27. The molecule has 0 spiro atoms. The molecule has 0 bridgehead atoms. The fraction of sp³-hybridized carbons (Fsp3) is 0.300. The average Bonchev–Trinajstić information content (AvgIpc) is 2.54. The number of benzene rings is 2. The first-order valence-corrected chi connectivity index (χ1v) is 8.33. The number of carbonyl (C=O) groups excluding carboxylic acids is 2. The molecule has 0 saturated heterocycles. The van der Waals surface area contributed by atoms with Gasteiger partial charge in [-0.25, -0.2) is 8.78 Å². The van der Waals surface area contributed by atoms with Crippen molar-refractivity contribution in [3.63, 3.8) is 0 Å². The molecule has 2 N–H and O–H groups in total. The highest BCUT2D eigenvalue weighted by molar-refractivity contribution is 6.01. The van der Waals surface area contributed by atoms with Crippen molar-refractivity contribution in [2.24, 2.45) is 5.92 Å². The van der Waals surface area contributed by atoms with Crippen LogP contribution in [-0.4, -0.2) is 17.9 Å². The smallest absolute Gasteiger partial charge is 0.257 e. The third-order valence-electron chi connectivity index (χ3n) is 4.07. The van der Waals surface area contributed by atoms with Crippen molar-refractivity contribution in [1.82, 2.24) is 5.32 Å². The molecule has 0 radical (unpaired) electrons. The summed E-state index contributed by atoms with van der Waals surface area (Å²) < 4.78 is 27.6. The number of amides is 2. The second kappa shape index (κ2) is 8.08. The van der Waals surface area contributed by atoms with Crippen LogP contribution in [0.1, 0.15) is 35.3 Å². The molecule has 6 heteroatoms. The molecule has 0 aliphatic carbocycles. The van der Waals surface area contributed by atoms with Gasteiger partial charge in [0.2, 0.25) is 5.91 Å². The molecule has 0 aliphatic rings. The fourth-order valence-electron chi connectivity index (χ4n) is 2.63. The Hall–Kier alpha value is -2.76. The van der Waals surface area contributed by atoms with Crippen molar-refractivity contribution < 1.29 is 18.4 Å². The minimum absolute atomic E-state index is 0.278. The molecule has 1 unspecified atom stereocenters. The largest absolute Gasteiger partial charge is 0.340 e. The molecule has 1 atom stereocenters. The Morgan fingerprint density at radius 2 is 1.62 bits per heavy atom. The van der Waals surface area contributed by atoms with Crippen LogP contribution in [0, 0.1) is 31.4 Å². The molecule has 0 aliphatic heterocycles. The number of anilines is 1. The summed E-state index contributed by atoms with van der Waals surface area (Å²) in [5.74, 6) is -3.63. The number of nitrogens with one attached hydrogen (secondary N) is 2. The lowest BCUT2D eigenvalue weighted by molar-refractivity contribution is -0.118. The summed E-state index contributed by atoms with van der Waals surface area (Å²) in [6.07, 6.45) is 0. The minimum atomic E-state index is -0.972. The van der Waals surface area contributed by atoms with Crippen molar-refractivity contribution in [1.29, 1.82) is 0 Å². The van der Waals surface area contributed by atoms with Gasteiger partial charge in [0.05, 0.1) is 0 Å². The Morgan fingerprint density at radius 3 is 2.15 bits per heavy atom. The van der Waals surface area contributed by atoms with Crippen molar-refractivity contribution >= 4 is 17.5 Å². The van der Waals surface area contributed by atoms with Crippen molar-refractivity contribution in [2.45, 2.75) is 33.7 Å². The summed E-state index contributed by atoms with van der Waals surface area (Å²) in [6.45, 7) is 7.29. The fourth-order valence-corrected chi connectivity index (χ4v) is 2.63. The maximum Gasteiger partial charge on any atom is 0.257 e. The van der Waals surface area contributed by atoms with E-state index < -0.39 is 35.1 Å².